The van der Waals surface area contributed by atoms with Gasteiger partial charge in [-0.2, -0.15) is 0 Å². The van der Waals surface area contributed by atoms with E-state index in [4.69, 9.17) is 14.5 Å². The van der Waals surface area contributed by atoms with Gasteiger partial charge in [-0.1, -0.05) is 0 Å². The molecule has 7 nitrogen and oxygen atoms in total. The van der Waals surface area contributed by atoms with Crippen LogP contribution in [0.1, 0.15) is 25.6 Å². The molecule has 0 fully saturated rings. The van der Waals surface area contributed by atoms with Crippen LogP contribution in [-0.2, 0) is 6.54 Å². The molecule has 0 aliphatic rings. The molecule has 154 valence electrons. The number of imidazole rings is 1. The van der Waals surface area contributed by atoms with Gasteiger partial charge in [-0.15, -0.1) is 0 Å². The van der Waals surface area contributed by atoms with Gasteiger partial charge >= 0.3 is 0 Å². The molecule has 1 N–H and O–H groups in total. The minimum Gasteiger partial charge on any atom is -0.497 e. The lowest BCUT2D eigenvalue weighted by Crippen LogP contribution is -2.41. The molecule has 2 aromatic rings. The van der Waals surface area contributed by atoms with Crippen LogP contribution < -0.4 is 14.8 Å². The fourth-order valence-electron chi connectivity index (χ4n) is 2.77. The van der Waals surface area contributed by atoms with Crippen molar-refractivity contribution in [3.8, 4) is 11.5 Å². The van der Waals surface area contributed by atoms with E-state index in [1.807, 2.05) is 50.6 Å². The third kappa shape index (κ3) is 7.13. The highest BCUT2D eigenvalue weighted by Gasteiger charge is 2.06. The molecule has 0 aliphatic heterocycles. The second-order valence-corrected chi connectivity index (χ2v) is 6.56. The van der Waals surface area contributed by atoms with Crippen molar-refractivity contribution in [3.63, 3.8) is 0 Å². The molecule has 0 bridgehead atoms. The van der Waals surface area contributed by atoms with Crippen LogP contribution in [0.25, 0.3) is 0 Å². The van der Waals surface area contributed by atoms with Crippen LogP contribution in [0.3, 0.4) is 0 Å². The van der Waals surface area contributed by atoms with E-state index in [1.165, 1.54) is 0 Å². The first-order valence-corrected chi connectivity index (χ1v) is 9.88. The third-order valence-electron chi connectivity index (χ3n) is 4.44. The Bertz CT molecular complexity index is 712. The molecule has 0 atom stereocenters. The molecule has 0 saturated carbocycles. The number of methoxy groups -OCH3 is 1. The van der Waals surface area contributed by atoms with Crippen LogP contribution >= 0.6 is 0 Å². The zero-order valence-corrected chi connectivity index (χ0v) is 17.5. The van der Waals surface area contributed by atoms with E-state index in [-0.39, 0.29) is 0 Å². The predicted molar refractivity (Wildman–Crippen MR) is 113 cm³/mol. The van der Waals surface area contributed by atoms with Crippen molar-refractivity contribution >= 4 is 5.96 Å². The fourth-order valence-corrected chi connectivity index (χ4v) is 2.77. The zero-order valence-electron chi connectivity index (χ0n) is 17.5. The molecule has 0 aliphatic carbocycles. The number of aliphatic imine (C=N–C) groups is 1. The van der Waals surface area contributed by atoms with E-state index < -0.39 is 0 Å². The second kappa shape index (κ2) is 11.9. The number of hydrogen-bond donors (Lipinski definition) is 1. The predicted octanol–water partition coefficient (Wildman–Crippen LogP) is 2.96. The number of ether oxygens (including phenoxy) is 2. The molecule has 0 unspecified atom stereocenters. The number of likely N-dealkylation sites (N-methyl/N-ethyl adjacent to an activating group) is 1. The van der Waals surface area contributed by atoms with Crippen LogP contribution in [0.2, 0.25) is 0 Å². The van der Waals surface area contributed by atoms with Gasteiger partial charge in [0.2, 0.25) is 0 Å². The van der Waals surface area contributed by atoms with Gasteiger partial charge in [-0.25, -0.2) is 4.98 Å². The number of nitrogens with zero attached hydrogens (tertiary/aromatic N) is 4. The van der Waals surface area contributed by atoms with E-state index in [2.05, 4.69) is 26.7 Å². The third-order valence-corrected chi connectivity index (χ3v) is 4.44. The lowest BCUT2D eigenvalue weighted by Gasteiger charge is -2.22. The maximum atomic E-state index is 5.81. The number of rotatable bonds is 11. The van der Waals surface area contributed by atoms with Crippen LogP contribution in [-0.4, -0.2) is 60.8 Å². The highest BCUT2D eigenvalue weighted by Crippen LogP contribution is 2.16. The van der Waals surface area contributed by atoms with Gasteiger partial charge in [0.1, 0.15) is 23.9 Å². The highest BCUT2D eigenvalue weighted by atomic mass is 16.5. The minimum atomic E-state index is 0.590. The maximum Gasteiger partial charge on any atom is 0.193 e. The fraction of sp³-hybridized carbons (Fsp3) is 0.524. The summed E-state index contributed by atoms with van der Waals surface area (Å²) in [5.74, 6) is 3.65. The summed E-state index contributed by atoms with van der Waals surface area (Å²) >= 11 is 0. The largest absolute Gasteiger partial charge is 0.497 e. The maximum absolute atomic E-state index is 5.81. The smallest absolute Gasteiger partial charge is 0.193 e. The minimum absolute atomic E-state index is 0.590. The summed E-state index contributed by atoms with van der Waals surface area (Å²) in [6.07, 6.45) is 6.01. The van der Waals surface area contributed by atoms with Crippen LogP contribution in [0.4, 0.5) is 0 Å². The molecule has 0 spiro atoms. The summed E-state index contributed by atoms with van der Waals surface area (Å²) in [5.41, 5.74) is 0. The lowest BCUT2D eigenvalue weighted by atomic mass is 10.3. The summed E-state index contributed by atoms with van der Waals surface area (Å²) in [4.78, 5) is 11.1. The summed E-state index contributed by atoms with van der Waals surface area (Å²) in [6.45, 7) is 8.10. The van der Waals surface area contributed by atoms with Crippen molar-refractivity contribution in [2.45, 2.75) is 33.2 Å². The Labute approximate surface area is 168 Å². The molecule has 0 amide bonds. The van der Waals surface area contributed by atoms with E-state index in [1.54, 1.807) is 7.11 Å². The molecule has 1 heterocycles. The Hall–Kier alpha value is -2.70. The molecule has 2 rings (SSSR count). The zero-order chi connectivity index (χ0) is 20.2. The highest BCUT2D eigenvalue weighted by molar-refractivity contribution is 5.79. The lowest BCUT2D eigenvalue weighted by molar-refractivity contribution is 0.281. The summed E-state index contributed by atoms with van der Waals surface area (Å²) in [6, 6.07) is 7.63. The van der Waals surface area contributed by atoms with Crippen LogP contribution in [0, 0.1) is 6.92 Å². The van der Waals surface area contributed by atoms with E-state index in [0.717, 1.165) is 62.3 Å². The van der Waals surface area contributed by atoms with E-state index in [0.29, 0.717) is 6.61 Å². The monoisotopic (exact) mass is 387 g/mol. The molecule has 1 aromatic heterocycles. The molecule has 0 radical (unpaired) electrons. The molecular formula is C21H33N5O2. The standard InChI is InChI=1S/C21H33N5O2/c1-5-22-21(24-12-6-7-14-26-15-13-23-18(26)2)25(3)16-17-28-20-10-8-19(27-4)9-11-20/h8-11,13,15H,5-7,12,14,16-17H2,1-4H3,(H,22,24). The van der Waals surface area contributed by atoms with Gasteiger partial charge in [0.25, 0.3) is 0 Å². The molecular weight excluding hydrogens is 354 g/mol. The Kier molecular flexibility index (Phi) is 9.18. The normalized spacial score (nSPS) is 11.4. The Morgan fingerprint density at radius 1 is 1.21 bits per heavy atom. The van der Waals surface area contributed by atoms with Crippen molar-refractivity contribution in [2.24, 2.45) is 4.99 Å². The van der Waals surface area contributed by atoms with Crippen LogP contribution in [0.5, 0.6) is 11.5 Å². The van der Waals surface area contributed by atoms with Gasteiger partial charge in [-0.05, 0) is 51.0 Å². The topological polar surface area (TPSA) is 63.9 Å². The summed E-state index contributed by atoms with van der Waals surface area (Å²) in [7, 11) is 3.69. The number of aromatic nitrogens is 2. The molecule has 28 heavy (non-hydrogen) atoms. The molecule has 1 aromatic carbocycles. The van der Waals surface area contributed by atoms with Gasteiger partial charge < -0.3 is 24.3 Å². The van der Waals surface area contributed by atoms with Crippen molar-refractivity contribution in [1.82, 2.24) is 19.8 Å². The van der Waals surface area contributed by atoms with Gasteiger partial charge in [0, 0.05) is 39.1 Å². The van der Waals surface area contributed by atoms with E-state index >= 15 is 0 Å². The van der Waals surface area contributed by atoms with Gasteiger partial charge in [-0.3, -0.25) is 4.99 Å². The number of benzene rings is 1. The van der Waals surface area contributed by atoms with E-state index in [9.17, 15) is 0 Å². The van der Waals surface area contributed by atoms with Gasteiger partial charge in [0.05, 0.1) is 13.7 Å². The number of guanidine groups is 1. The van der Waals surface area contributed by atoms with Crippen molar-refractivity contribution in [3.05, 3.63) is 42.5 Å². The van der Waals surface area contributed by atoms with Crippen molar-refractivity contribution < 1.29 is 9.47 Å². The van der Waals surface area contributed by atoms with Crippen molar-refractivity contribution in [1.29, 1.82) is 0 Å². The van der Waals surface area contributed by atoms with Crippen LogP contribution in [0.15, 0.2) is 41.7 Å². The second-order valence-electron chi connectivity index (χ2n) is 6.56. The quantitative estimate of drug-likeness (QED) is 0.365. The number of unbranched alkanes of at least 4 members (excludes halogenated alkanes) is 1. The first kappa shape index (κ1) is 21.6. The number of nitrogens with one attached hydrogen (secondary N) is 1. The molecule has 0 saturated heterocycles. The van der Waals surface area contributed by atoms with Gasteiger partial charge in [0.15, 0.2) is 5.96 Å². The SMILES string of the molecule is CCNC(=NCCCCn1ccnc1C)N(C)CCOc1ccc(OC)cc1. The Morgan fingerprint density at radius 2 is 1.96 bits per heavy atom. The average molecular weight is 388 g/mol. The Morgan fingerprint density at radius 3 is 2.61 bits per heavy atom. The van der Waals surface area contributed by atoms with Crippen molar-refractivity contribution in [2.75, 3.05) is 40.4 Å². The molecule has 7 heteroatoms. The number of hydrogen-bond acceptors (Lipinski definition) is 4. The first-order valence-electron chi connectivity index (χ1n) is 9.88. The average Bonchev–Trinajstić information content (AvgIpc) is 3.12. The Balaban J connectivity index is 1.72. The number of aryl methyl sites for hydroxylation is 2. The summed E-state index contributed by atoms with van der Waals surface area (Å²) < 4.78 is 13.1. The first-order chi connectivity index (χ1) is 13.6. The summed E-state index contributed by atoms with van der Waals surface area (Å²) in [5, 5.41) is 3.35.